The summed E-state index contributed by atoms with van der Waals surface area (Å²) in [6.45, 7) is 1.24. The number of para-hydroxylation sites is 2. The largest absolute Gasteiger partial charge is 0.737 e. The average molecular weight is 221 g/mol. The lowest BCUT2D eigenvalue weighted by Gasteiger charge is -2.35. The zero-order valence-electron chi connectivity index (χ0n) is 8.45. The van der Waals surface area contributed by atoms with Crippen molar-refractivity contribution in [1.82, 2.24) is 0 Å². The van der Waals surface area contributed by atoms with Crippen LogP contribution in [0.15, 0.2) is 29.4 Å². The minimum Gasteiger partial charge on any atom is -0.737 e. The number of carbonyl (C=O) groups excluding carboxylic acids is 1. The number of nitrogens with zero attached hydrogens (tertiary/aromatic N) is 3. The summed E-state index contributed by atoms with van der Waals surface area (Å²) in [5.74, 6) is -0.740. The maximum absolute atomic E-state index is 11.4. The Bertz CT molecular complexity index is 460. The Kier molecular flexibility index (Phi) is 2.37. The number of hydrogen-bond donors (Lipinski definition) is 1. The Morgan fingerprint density at radius 1 is 1.44 bits per heavy atom. The van der Waals surface area contributed by atoms with E-state index < -0.39 is 5.97 Å². The van der Waals surface area contributed by atoms with E-state index >= 15 is 0 Å². The van der Waals surface area contributed by atoms with Crippen LogP contribution in [0.2, 0.25) is 0 Å². The van der Waals surface area contributed by atoms with Gasteiger partial charge < -0.3 is 21.0 Å². The number of fused-ring (bicyclic) bond motifs is 1. The van der Waals surface area contributed by atoms with Crippen molar-refractivity contribution < 1.29 is 9.63 Å². The third-order valence-corrected chi connectivity index (χ3v) is 1.93. The minimum absolute atomic E-state index is 0.191. The van der Waals surface area contributed by atoms with Crippen LogP contribution in [0, 0.1) is 5.21 Å². The normalized spacial score (nSPS) is 14.2. The molecule has 0 unspecified atom stereocenters. The molecule has 2 N–H and O–H groups in total. The molecule has 1 aliphatic heterocycles. The summed E-state index contributed by atoms with van der Waals surface area (Å²) in [6, 6.07) is 6.52. The highest BCUT2D eigenvalue weighted by Crippen LogP contribution is 2.32. The molecule has 7 nitrogen and oxygen atoms in total. The molecule has 0 saturated heterocycles. The molecule has 2 rings (SSSR count). The van der Waals surface area contributed by atoms with E-state index in [1.54, 1.807) is 24.3 Å². The summed E-state index contributed by atoms with van der Waals surface area (Å²) >= 11 is 0. The molecule has 0 fully saturated rings. The second-order valence-electron chi connectivity index (χ2n) is 3.10. The van der Waals surface area contributed by atoms with Gasteiger partial charge in [0.25, 0.3) is 5.96 Å². The highest BCUT2D eigenvalue weighted by molar-refractivity contribution is 6.00. The highest BCUT2D eigenvalue weighted by Gasteiger charge is 2.23. The van der Waals surface area contributed by atoms with Gasteiger partial charge in [-0.3, -0.25) is 0 Å². The number of nitrogens with two attached hydrogens (primary N) is 1. The van der Waals surface area contributed by atoms with Gasteiger partial charge in [-0.25, -0.2) is 4.79 Å². The van der Waals surface area contributed by atoms with Crippen molar-refractivity contribution in [3.8, 4) is 0 Å². The van der Waals surface area contributed by atoms with Crippen LogP contribution >= 0.6 is 0 Å². The Morgan fingerprint density at radius 2 is 2.06 bits per heavy atom. The van der Waals surface area contributed by atoms with Crippen LogP contribution in [-0.2, 0) is 9.63 Å². The van der Waals surface area contributed by atoms with Gasteiger partial charge in [-0.2, -0.15) is 0 Å². The predicted octanol–water partition coefficient (Wildman–Crippen LogP) is 0.519. The molecular formula is C9H9N4O3-. The van der Waals surface area contributed by atoms with Gasteiger partial charge in [-0.05, 0) is 12.1 Å². The van der Waals surface area contributed by atoms with Crippen LogP contribution in [0.3, 0.4) is 0 Å². The summed E-state index contributed by atoms with van der Waals surface area (Å²) in [5.41, 5.74) is 6.13. The fourth-order valence-corrected chi connectivity index (χ4v) is 1.33. The minimum atomic E-state index is -0.549. The van der Waals surface area contributed by atoms with Crippen LogP contribution in [0.4, 0.5) is 11.4 Å². The Morgan fingerprint density at radius 3 is 2.69 bits per heavy atom. The van der Waals surface area contributed by atoms with Gasteiger partial charge in [-0.15, -0.1) is 10.2 Å². The van der Waals surface area contributed by atoms with E-state index in [-0.39, 0.29) is 11.6 Å². The first-order chi connectivity index (χ1) is 7.59. The third kappa shape index (κ3) is 1.63. The molecule has 0 aliphatic carbocycles. The second kappa shape index (κ2) is 3.70. The van der Waals surface area contributed by atoms with Crippen molar-refractivity contribution in [1.29, 1.82) is 0 Å². The third-order valence-electron chi connectivity index (χ3n) is 1.93. The lowest BCUT2D eigenvalue weighted by Crippen LogP contribution is -2.43. The molecule has 0 radical (unpaired) electrons. The molecule has 0 aromatic heterocycles. The lowest BCUT2D eigenvalue weighted by molar-refractivity contribution is -0.140. The fourth-order valence-electron chi connectivity index (χ4n) is 1.33. The molecule has 7 heteroatoms. The van der Waals surface area contributed by atoms with E-state index in [0.717, 1.165) is 5.06 Å². The van der Waals surface area contributed by atoms with Gasteiger partial charge in [0, 0.05) is 6.92 Å². The summed E-state index contributed by atoms with van der Waals surface area (Å²) in [5, 5.41) is 16.3. The monoisotopic (exact) mass is 221 g/mol. The van der Waals surface area contributed by atoms with E-state index in [1.807, 2.05) is 0 Å². The first-order valence-corrected chi connectivity index (χ1v) is 4.48. The standard InChI is InChI=1S/C9H9N4O3/c1-6(14)16-12-7-4-2-3-5-8(7)13(15)11-9(12)10/h2-5H,1H3,(H2,10,11)/q-1. The van der Waals surface area contributed by atoms with Gasteiger partial charge in [-0.1, -0.05) is 12.1 Å². The summed E-state index contributed by atoms with van der Waals surface area (Å²) in [7, 11) is 0. The fraction of sp³-hybridized carbons (Fsp3) is 0.111. The molecule has 84 valence electrons. The number of hydrazone groups is 1. The summed E-state index contributed by atoms with van der Waals surface area (Å²) in [6.07, 6.45) is 0. The lowest BCUT2D eigenvalue weighted by atomic mass is 10.2. The Hall–Kier alpha value is -2.28. The van der Waals surface area contributed by atoms with Crippen LogP contribution in [0.5, 0.6) is 0 Å². The van der Waals surface area contributed by atoms with Gasteiger partial charge in [0.05, 0.1) is 5.69 Å². The van der Waals surface area contributed by atoms with E-state index in [4.69, 9.17) is 10.6 Å². The van der Waals surface area contributed by atoms with Crippen molar-refractivity contribution in [2.24, 2.45) is 10.8 Å². The van der Waals surface area contributed by atoms with Crippen molar-refractivity contribution in [2.75, 3.05) is 10.2 Å². The predicted molar refractivity (Wildman–Crippen MR) is 58.2 cm³/mol. The van der Waals surface area contributed by atoms with E-state index in [0.29, 0.717) is 10.9 Å². The van der Waals surface area contributed by atoms with E-state index in [9.17, 15) is 10.0 Å². The Labute approximate surface area is 91.2 Å². The quantitative estimate of drug-likeness (QED) is 0.742. The SMILES string of the molecule is CC(=O)ON1C(N)=NN([O-])c2ccccc21. The number of carbonyl (C=O) groups is 1. The molecule has 0 amide bonds. The van der Waals surface area contributed by atoms with Gasteiger partial charge in [0.2, 0.25) is 0 Å². The first kappa shape index (κ1) is 10.2. The van der Waals surface area contributed by atoms with Crippen LogP contribution in [0.25, 0.3) is 0 Å². The second-order valence-corrected chi connectivity index (χ2v) is 3.10. The first-order valence-electron chi connectivity index (χ1n) is 4.48. The molecule has 0 saturated carbocycles. The smallest absolute Gasteiger partial charge is 0.330 e. The number of anilines is 2. The van der Waals surface area contributed by atoms with Gasteiger partial charge in [0.15, 0.2) is 0 Å². The van der Waals surface area contributed by atoms with Crippen molar-refractivity contribution in [3.05, 3.63) is 29.5 Å². The summed E-state index contributed by atoms with van der Waals surface area (Å²) in [4.78, 5) is 15.7. The zero-order chi connectivity index (χ0) is 11.7. The van der Waals surface area contributed by atoms with Crippen molar-refractivity contribution in [3.63, 3.8) is 0 Å². The number of hydroxylamine groups is 1. The van der Waals surface area contributed by atoms with Crippen LogP contribution in [-0.4, -0.2) is 11.9 Å². The highest BCUT2D eigenvalue weighted by atomic mass is 16.7. The molecule has 0 atom stereocenters. The number of hydrogen-bond acceptors (Lipinski definition) is 7. The molecule has 0 spiro atoms. The maximum atomic E-state index is 11.4. The van der Waals surface area contributed by atoms with E-state index in [1.165, 1.54) is 6.92 Å². The zero-order valence-corrected chi connectivity index (χ0v) is 8.45. The van der Waals surface area contributed by atoms with Gasteiger partial charge >= 0.3 is 5.97 Å². The summed E-state index contributed by atoms with van der Waals surface area (Å²) < 4.78 is 0. The topological polar surface area (TPSA) is 94.2 Å². The van der Waals surface area contributed by atoms with Crippen LogP contribution in [0.1, 0.15) is 6.92 Å². The molecule has 0 bridgehead atoms. The molecule has 16 heavy (non-hydrogen) atoms. The number of guanidine groups is 1. The molecule has 1 aromatic carbocycles. The number of benzene rings is 1. The maximum Gasteiger partial charge on any atom is 0.330 e. The average Bonchev–Trinajstić information content (AvgIpc) is 2.24. The number of rotatable bonds is 1. The Balaban J connectivity index is 2.45. The molecule has 1 aromatic rings. The van der Waals surface area contributed by atoms with Crippen molar-refractivity contribution >= 4 is 23.3 Å². The molecule has 1 heterocycles. The molecule has 1 aliphatic rings. The molecular weight excluding hydrogens is 212 g/mol. The van der Waals surface area contributed by atoms with E-state index in [2.05, 4.69) is 5.10 Å². The van der Waals surface area contributed by atoms with Gasteiger partial charge in [0.1, 0.15) is 5.69 Å². The van der Waals surface area contributed by atoms with Crippen LogP contribution < -0.4 is 16.0 Å². The van der Waals surface area contributed by atoms with Crippen molar-refractivity contribution in [2.45, 2.75) is 6.92 Å².